The van der Waals surface area contributed by atoms with Gasteiger partial charge in [-0.2, -0.15) is 0 Å². The summed E-state index contributed by atoms with van der Waals surface area (Å²) < 4.78 is 27.6. The molecule has 148 valence electrons. The number of aliphatic hydroxyl groups excluding tert-OH is 1. The lowest BCUT2D eigenvalue weighted by atomic mass is 10.0. The zero-order valence-electron chi connectivity index (χ0n) is 15.8. The van der Waals surface area contributed by atoms with Crippen molar-refractivity contribution in [2.75, 3.05) is 28.4 Å². The van der Waals surface area contributed by atoms with Crippen molar-refractivity contribution < 1.29 is 33.9 Å². The van der Waals surface area contributed by atoms with Crippen LogP contribution >= 0.6 is 15.9 Å². The van der Waals surface area contributed by atoms with Gasteiger partial charge in [0.2, 0.25) is 11.5 Å². The quantitative estimate of drug-likeness (QED) is 0.644. The molecule has 0 aliphatic rings. The van der Waals surface area contributed by atoms with E-state index in [-0.39, 0.29) is 11.5 Å². The molecule has 2 rings (SSSR count). The van der Waals surface area contributed by atoms with Crippen LogP contribution < -0.4 is 23.7 Å². The van der Waals surface area contributed by atoms with Gasteiger partial charge >= 0.3 is 0 Å². The van der Waals surface area contributed by atoms with E-state index in [1.165, 1.54) is 34.5 Å². The Hall–Kier alpha value is -2.32. The van der Waals surface area contributed by atoms with E-state index >= 15 is 0 Å². The van der Waals surface area contributed by atoms with Gasteiger partial charge in [-0.15, -0.1) is 0 Å². The Bertz CT molecular complexity index is 769. The molecule has 27 heavy (non-hydrogen) atoms. The molecule has 0 spiro atoms. The first kappa shape index (κ1) is 21.0. The number of aromatic hydroxyl groups is 1. The van der Waals surface area contributed by atoms with E-state index < -0.39 is 12.2 Å². The number of halogens is 1. The van der Waals surface area contributed by atoms with E-state index in [9.17, 15) is 10.2 Å². The fraction of sp³-hybridized carbons (Fsp3) is 0.368. The molecule has 0 aliphatic carbocycles. The van der Waals surface area contributed by atoms with Crippen molar-refractivity contribution in [3.8, 4) is 34.5 Å². The molecule has 0 saturated carbocycles. The SMILES string of the molecule is COc1cc(Br)cc(O)c1O[C@H](C)[C@H](O)c1cc(OC)c(OC)c(OC)c1. The zero-order valence-corrected chi connectivity index (χ0v) is 17.4. The smallest absolute Gasteiger partial charge is 0.203 e. The third-order valence-electron chi connectivity index (χ3n) is 4.00. The van der Waals surface area contributed by atoms with E-state index in [0.29, 0.717) is 33.0 Å². The van der Waals surface area contributed by atoms with E-state index in [0.717, 1.165) is 0 Å². The Morgan fingerprint density at radius 1 is 0.815 bits per heavy atom. The van der Waals surface area contributed by atoms with Crippen molar-refractivity contribution in [3.63, 3.8) is 0 Å². The highest BCUT2D eigenvalue weighted by molar-refractivity contribution is 9.10. The molecule has 0 fully saturated rings. The predicted octanol–water partition coefficient (Wildman–Crippen LogP) is 3.69. The van der Waals surface area contributed by atoms with Gasteiger partial charge in [-0.25, -0.2) is 0 Å². The summed E-state index contributed by atoms with van der Waals surface area (Å²) in [5.74, 6) is 1.64. The highest BCUT2D eigenvalue weighted by Crippen LogP contribution is 2.43. The van der Waals surface area contributed by atoms with Gasteiger partial charge in [0.25, 0.3) is 0 Å². The van der Waals surface area contributed by atoms with Gasteiger partial charge < -0.3 is 33.9 Å². The summed E-state index contributed by atoms with van der Waals surface area (Å²) in [5.41, 5.74) is 0.507. The summed E-state index contributed by atoms with van der Waals surface area (Å²) in [6.45, 7) is 1.68. The molecule has 0 radical (unpaired) electrons. The molecule has 0 heterocycles. The lowest BCUT2D eigenvalue weighted by molar-refractivity contribution is 0.0432. The van der Waals surface area contributed by atoms with E-state index in [1.54, 1.807) is 25.1 Å². The molecule has 2 atom stereocenters. The van der Waals surface area contributed by atoms with Crippen LogP contribution in [0.3, 0.4) is 0 Å². The van der Waals surface area contributed by atoms with Crippen LogP contribution in [-0.4, -0.2) is 44.8 Å². The fourth-order valence-corrected chi connectivity index (χ4v) is 3.04. The second-order valence-electron chi connectivity index (χ2n) is 5.68. The Kier molecular flexibility index (Phi) is 7.04. The van der Waals surface area contributed by atoms with Crippen LogP contribution in [0.1, 0.15) is 18.6 Å². The topological polar surface area (TPSA) is 86.6 Å². The number of methoxy groups -OCH3 is 4. The van der Waals surface area contributed by atoms with Gasteiger partial charge in [0.1, 0.15) is 12.2 Å². The minimum Gasteiger partial charge on any atom is -0.504 e. The second-order valence-corrected chi connectivity index (χ2v) is 6.60. The zero-order chi connectivity index (χ0) is 20.1. The molecular formula is C19H23BrO7. The van der Waals surface area contributed by atoms with Crippen molar-refractivity contribution in [1.82, 2.24) is 0 Å². The highest BCUT2D eigenvalue weighted by atomic mass is 79.9. The fourth-order valence-electron chi connectivity index (χ4n) is 2.62. The largest absolute Gasteiger partial charge is 0.504 e. The van der Waals surface area contributed by atoms with Crippen molar-refractivity contribution in [1.29, 1.82) is 0 Å². The third kappa shape index (κ3) is 4.51. The second kappa shape index (κ2) is 9.05. The number of ether oxygens (including phenoxy) is 5. The molecular weight excluding hydrogens is 420 g/mol. The summed E-state index contributed by atoms with van der Waals surface area (Å²) >= 11 is 3.28. The summed E-state index contributed by atoms with van der Waals surface area (Å²) in [7, 11) is 5.97. The molecule has 2 aromatic rings. The van der Waals surface area contributed by atoms with Crippen LogP contribution in [0.25, 0.3) is 0 Å². The van der Waals surface area contributed by atoms with E-state index in [2.05, 4.69) is 15.9 Å². The molecule has 0 bridgehead atoms. The summed E-state index contributed by atoms with van der Waals surface area (Å²) in [6, 6.07) is 6.43. The molecule has 0 aliphatic heterocycles. The van der Waals surface area contributed by atoms with Crippen LogP contribution in [0.2, 0.25) is 0 Å². The van der Waals surface area contributed by atoms with Gasteiger partial charge in [-0.05, 0) is 36.8 Å². The number of phenolic OH excluding ortho intramolecular Hbond substituents is 1. The van der Waals surface area contributed by atoms with E-state index in [1.807, 2.05) is 0 Å². The van der Waals surface area contributed by atoms with Crippen molar-refractivity contribution in [2.45, 2.75) is 19.1 Å². The number of rotatable bonds is 8. The van der Waals surface area contributed by atoms with Crippen LogP contribution in [0.4, 0.5) is 0 Å². The normalized spacial score (nSPS) is 12.9. The molecule has 0 saturated heterocycles. The minimum atomic E-state index is -1.04. The first-order chi connectivity index (χ1) is 12.9. The van der Waals surface area contributed by atoms with Crippen molar-refractivity contribution in [2.24, 2.45) is 0 Å². The molecule has 7 nitrogen and oxygen atoms in total. The highest BCUT2D eigenvalue weighted by Gasteiger charge is 2.25. The molecule has 2 N–H and O–H groups in total. The Morgan fingerprint density at radius 3 is 1.81 bits per heavy atom. The van der Waals surface area contributed by atoms with Crippen LogP contribution in [-0.2, 0) is 0 Å². The molecule has 0 amide bonds. The molecule has 0 aromatic heterocycles. The maximum atomic E-state index is 10.8. The molecule has 2 aromatic carbocycles. The first-order valence-electron chi connectivity index (χ1n) is 8.07. The van der Waals surface area contributed by atoms with Crippen molar-refractivity contribution in [3.05, 3.63) is 34.3 Å². The van der Waals surface area contributed by atoms with Crippen LogP contribution in [0.5, 0.6) is 34.5 Å². The Morgan fingerprint density at radius 2 is 1.33 bits per heavy atom. The summed E-state index contributed by atoms with van der Waals surface area (Å²) in [4.78, 5) is 0. The van der Waals surface area contributed by atoms with Crippen molar-refractivity contribution >= 4 is 15.9 Å². The molecule has 8 heteroatoms. The van der Waals surface area contributed by atoms with Gasteiger partial charge in [0, 0.05) is 4.47 Å². The third-order valence-corrected chi connectivity index (χ3v) is 4.45. The maximum absolute atomic E-state index is 10.8. The number of hydrogen-bond acceptors (Lipinski definition) is 7. The lowest BCUT2D eigenvalue weighted by Gasteiger charge is -2.24. The first-order valence-corrected chi connectivity index (χ1v) is 8.86. The standard InChI is InChI=1S/C19H23BrO7/c1-10(27-18-13(21)8-12(20)9-16(18)25-4)17(22)11-6-14(23-2)19(26-5)15(7-11)24-3/h6-10,17,21-22H,1-5H3/t10-,17+/m1/s1. The Balaban J connectivity index is 2.34. The van der Waals surface area contributed by atoms with Gasteiger partial charge in [-0.1, -0.05) is 15.9 Å². The Labute approximate surface area is 166 Å². The number of benzene rings is 2. The number of hydrogen-bond donors (Lipinski definition) is 2. The average Bonchev–Trinajstić information content (AvgIpc) is 2.67. The molecule has 0 unspecified atom stereocenters. The average molecular weight is 443 g/mol. The van der Waals surface area contributed by atoms with Crippen LogP contribution in [0.15, 0.2) is 28.7 Å². The van der Waals surface area contributed by atoms with Crippen LogP contribution in [0, 0.1) is 0 Å². The number of aliphatic hydroxyl groups is 1. The monoisotopic (exact) mass is 442 g/mol. The van der Waals surface area contributed by atoms with Gasteiger partial charge in [0.05, 0.1) is 28.4 Å². The number of phenols is 1. The van der Waals surface area contributed by atoms with Gasteiger partial charge in [0.15, 0.2) is 23.0 Å². The summed E-state index contributed by atoms with van der Waals surface area (Å²) in [6.07, 6.45) is -1.75. The predicted molar refractivity (Wildman–Crippen MR) is 104 cm³/mol. The minimum absolute atomic E-state index is 0.106. The van der Waals surface area contributed by atoms with Gasteiger partial charge in [-0.3, -0.25) is 0 Å². The van der Waals surface area contributed by atoms with E-state index in [4.69, 9.17) is 23.7 Å². The lowest BCUT2D eigenvalue weighted by Crippen LogP contribution is -2.22. The summed E-state index contributed by atoms with van der Waals surface area (Å²) in [5, 5.41) is 20.9. The maximum Gasteiger partial charge on any atom is 0.203 e.